The molecular weight excluding hydrogens is 290 g/mol. The van der Waals surface area contributed by atoms with Crippen LogP contribution in [0.1, 0.15) is 38.5 Å². The smallest absolute Gasteiger partial charge is 0.223 e. The number of nitrogens with one attached hydrogen (secondary N) is 1. The van der Waals surface area contributed by atoms with Gasteiger partial charge in [-0.05, 0) is 25.0 Å². The summed E-state index contributed by atoms with van der Waals surface area (Å²) in [5, 5.41) is 13.1. The molecular formula is C16H22ClNO3. The Bertz CT molecular complexity index is 472. The molecule has 0 aromatic heterocycles. The van der Waals surface area contributed by atoms with Crippen LogP contribution in [0, 0.1) is 0 Å². The molecule has 1 aliphatic carbocycles. The number of carbonyl (C=O) groups is 1. The van der Waals surface area contributed by atoms with Crippen LogP contribution < -0.4 is 10.1 Å². The molecule has 1 aromatic carbocycles. The molecule has 0 aliphatic heterocycles. The lowest BCUT2D eigenvalue weighted by atomic mass is 9.82. The quantitative estimate of drug-likeness (QED) is 0.849. The average molecular weight is 312 g/mol. The van der Waals surface area contributed by atoms with Crippen LogP contribution in [-0.4, -0.2) is 29.8 Å². The first kappa shape index (κ1) is 16.1. The SMILES string of the molecule is O=C(CCOc1ccccc1Cl)NC1(CO)CCCCC1. The number of aliphatic hydroxyl groups is 1. The minimum absolute atomic E-state index is 0.00408. The number of hydrogen-bond donors (Lipinski definition) is 2. The second kappa shape index (κ2) is 7.66. The van der Waals surface area contributed by atoms with Crippen molar-refractivity contribution in [1.29, 1.82) is 0 Å². The van der Waals surface area contributed by atoms with E-state index in [0.29, 0.717) is 10.8 Å². The summed E-state index contributed by atoms with van der Waals surface area (Å²) in [4.78, 5) is 12.0. The third-order valence-electron chi connectivity index (χ3n) is 3.94. The fraction of sp³-hybridized carbons (Fsp3) is 0.562. The van der Waals surface area contributed by atoms with Gasteiger partial charge >= 0.3 is 0 Å². The molecule has 116 valence electrons. The largest absolute Gasteiger partial charge is 0.491 e. The van der Waals surface area contributed by atoms with Gasteiger partial charge in [0.05, 0.1) is 30.2 Å². The lowest BCUT2D eigenvalue weighted by molar-refractivity contribution is -0.124. The number of hydrogen-bond acceptors (Lipinski definition) is 3. The molecule has 0 unspecified atom stereocenters. The summed E-state index contributed by atoms with van der Waals surface area (Å²) in [5.74, 6) is 0.500. The van der Waals surface area contributed by atoms with E-state index in [9.17, 15) is 9.90 Å². The highest BCUT2D eigenvalue weighted by Gasteiger charge is 2.32. The van der Waals surface area contributed by atoms with E-state index in [1.807, 2.05) is 12.1 Å². The van der Waals surface area contributed by atoms with Crippen molar-refractivity contribution in [3.63, 3.8) is 0 Å². The Morgan fingerprint density at radius 3 is 2.67 bits per heavy atom. The van der Waals surface area contributed by atoms with Gasteiger partial charge in [0.15, 0.2) is 0 Å². The third-order valence-corrected chi connectivity index (χ3v) is 4.25. The van der Waals surface area contributed by atoms with Crippen LogP contribution in [0.4, 0.5) is 0 Å². The average Bonchev–Trinajstić information content (AvgIpc) is 2.50. The number of para-hydroxylation sites is 1. The van der Waals surface area contributed by atoms with Crippen molar-refractivity contribution in [2.75, 3.05) is 13.2 Å². The molecule has 1 aliphatic rings. The second-order valence-corrected chi connectivity index (χ2v) is 5.98. The van der Waals surface area contributed by atoms with E-state index >= 15 is 0 Å². The van der Waals surface area contributed by atoms with Crippen LogP contribution in [0.15, 0.2) is 24.3 Å². The summed E-state index contributed by atoms with van der Waals surface area (Å²) in [6.45, 7) is 0.279. The van der Waals surface area contributed by atoms with Gasteiger partial charge in [-0.2, -0.15) is 0 Å². The summed E-state index contributed by atoms with van der Waals surface area (Å²) in [5.41, 5.74) is -0.431. The number of ether oxygens (including phenoxy) is 1. The van der Waals surface area contributed by atoms with Gasteiger partial charge in [0.2, 0.25) is 5.91 Å². The molecule has 1 amide bonds. The molecule has 2 N–H and O–H groups in total. The van der Waals surface area contributed by atoms with Crippen molar-refractivity contribution in [3.8, 4) is 5.75 Å². The van der Waals surface area contributed by atoms with Crippen molar-refractivity contribution in [1.82, 2.24) is 5.32 Å². The monoisotopic (exact) mass is 311 g/mol. The molecule has 0 saturated heterocycles. The van der Waals surface area contributed by atoms with Crippen LogP contribution in [-0.2, 0) is 4.79 Å². The van der Waals surface area contributed by atoms with Gasteiger partial charge in [-0.15, -0.1) is 0 Å². The lowest BCUT2D eigenvalue weighted by Gasteiger charge is -2.36. The summed E-state index contributed by atoms with van der Waals surface area (Å²) >= 11 is 5.98. The number of rotatable bonds is 6. The minimum Gasteiger partial charge on any atom is -0.491 e. The van der Waals surface area contributed by atoms with Gasteiger partial charge in [-0.25, -0.2) is 0 Å². The van der Waals surface area contributed by atoms with Crippen molar-refractivity contribution in [2.24, 2.45) is 0 Å². The standard InChI is InChI=1S/C16H22ClNO3/c17-13-6-2-3-7-14(13)21-11-8-15(20)18-16(12-19)9-4-1-5-10-16/h2-3,6-7,19H,1,4-5,8-12H2,(H,18,20). The Labute approximate surface area is 130 Å². The molecule has 1 fully saturated rings. The topological polar surface area (TPSA) is 58.6 Å². The van der Waals surface area contributed by atoms with Crippen LogP contribution >= 0.6 is 11.6 Å². The fourth-order valence-corrected chi connectivity index (χ4v) is 2.92. The summed E-state index contributed by atoms with van der Waals surface area (Å²) in [6, 6.07) is 7.19. The zero-order chi connectivity index (χ0) is 15.1. The van der Waals surface area contributed by atoms with Crippen LogP contribution in [0.3, 0.4) is 0 Å². The molecule has 0 atom stereocenters. The highest BCUT2D eigenvalue weighted by molar-refractivity contribution is 6.32. The number of amides is 1. The number of halogens is 1. The van der Waals surface area contributed by atoms with Crippen molar-refractivity contribution in [3.05, 3.63) is 29.3 Å². The minimum atomic E-state index is -0.431. The molecule has 2 rings (SSSR count). The van der Waals surface area contributed by atoms with E-state index in [-0.39, 0.29) is 25.5 Å². The molecule has 21 heavy (non-hydrogen) atoms. The third kappa shape index (κ3) is 4.61. The Kier molecular flexibility index (Phi) is 5.88. The first-order valence-corrected chi connectivity index (χ1v) is 7.82. The van der Waals surface area contributed by atoms with E-state index in [4.69, 9.17) is 16.3 Å². The van der Waals surface area contributed by atoms with E-state index in [1.165, 1.54) is 6.42 Å². The van der Waals surface area contributed by atoms with Gasteiger partial charge in [0.25, 0.3) is 0 Å². The van der Waals surface area contributed by atoms with E-state index in [0.717, 1.165) is 25.7 Å². The molecule has 1 aromatic rings. The highest BCUT2D eigenvalue weighted by atomic mass is 35.5. The fourth-order valence-electron chi connectivity index (χ4n) is 2.72. The van der Waals surface area contributed by atoms with E-state index < -0.39 is 5.54 Å². The molecule has 5 heteroatoms. The number of carbonyl (C=O) groups excluding carboxylic acids is 1. The predicted octanol–water partition coefficient (Wildman–Crippen LogP) is 2.92. The molecule has 0 radical (unpaired) electrons. The van der Waals surface area contributed by atoms with Crippen molar-refractivity contribution in [2.45, 2.75) is 44.1 Å². The maximum absolute atomic E-state index is 12.0. The first-order valence-electron chi connectivity index (χ1n) is 7.44. The van der Waals surface area contributed by atoms with Gasteiger partial charge in [-0.1, -0.05) is 43.0 Å². The maximum atomic E-state index is 12.0. The van der Waals surface area contributed by atoms with Crippen LogP contribution in [0.25, 0.3) is 0 Å². The molecule has 0 heterocycles. The number of aliphatic hydroxyl groups excluding tert-OH is 1. The Morgan fingerprint density at radius 2 is 2.00 bits per heavy atom. The molecule has 4 nitrogen and oxygen atoms in total. The maximum Gasteiger partial charge on any atom is 0.223 e. The first-order chi connectivity index (χ1) is 10.2. The van der Waals surface area contributed by atoms with Crippen LogP contribution in [0.2, 0.25) is 5.02 Å². The van der Waals surface area contributed by atoms with Gasteiger partial charge in [0, 0.05) is 0 Å². The molecule has 0 spiro atoms. The Balaban J connectivity index is 1.78. The normalized spacial score (nSPS) is 17.2. The summed E-state index contributed by atoms with van der Waals surface area (Å²) in [6.07, 6.45) is 5.23. The second-order valence-electron chi connectivity index (χ2n) is 5.58. The van der Waals surface area contributed by atoms with Gasteiger partial charge in [-0.3, -0.25) is 4.79 Å². The zero-order valence-corrected chi connectivity index (χ0v) is 12.9. The Morgan fingerprint density at radius 1 is 1.29 bits per heavy atom. The zero-order valence-electron chi connectivity index (χ0n) is 12.1. The number of benzene rings is 1. The summed E-state index contributed by atoms with van der Waals surface area (Å²) < 4.78 is 5.51. The van der Waals surface area contributed by atoms with Crippen LogP contribution in [0.5, 0.6) is 5.75 Å². The van der Waals surface area contributed by atoms with Crippen molar-refractivity contribution < 1.29 is 14.6 Å². The van der Waals surface area contributed by atoms with Gasteiger partial charge < -0.3 is 15.2 Å². The molecule has 0 bridgehead atoms. The van der Waals surface area contributed by atoms with Gasteiger partial charge in [0.1, 0.15) is 5.75 Å². The highest BCUT2D eigenvalue weighted by Crippen LogP contribution is 2.28. The van der Waals surface area contributed by atoms with E-state index in [2.05, 4.69) is 5.32 Å². The summed E-state index contributed by atoms with van der Waals surface area (Å²) in [7, 11) is 0. The predicted molar refractivity (Wildman–Crippen MR) is 82.6 cm³/mol. The Hall–Kier alpha value is -1.26. The van der Waals surface area contributed by atoms with E-state index in [1.54, 1.807) is 12.1 Å². The van der Waals surface area contributed by atoms with Crippen molar-refractivity contribution >= 4 is 17.5 Å². The lowest BCUT2D eigenvalue weighted by Crippen LogP contribution is -2.52. The molecule has 1 saturated carbocycles.